The maximum atomic E-state index is 13.3. The van der Waals surface area contributed by atoms with Crippen LogP contribution in [0, 0.1) is 19.7 Å². The van der Waals surface area contributed by atoms with Gasteiger partial charge in [-0.1, -0.05) is 30.3 Å². The number of fused-ring (bicyclic) bond motifs is 1. The second-order valence-corrected chi connectivity index (χ2v) is 10.9. The number of halogens is 1. The first kappa shape index (κ1) is 30.2. The smallest absolute Gasteiger partial charge is 0.256 e. The molecule has 0 fully saturated rings. The zero-order chi connectivity index (χ0) is 31.4. The van der Waals surface area contributed by atoms with Gasteiger partial charge in [-0.25, -0.2) is 4.39 Å². The van der Waals surface area contributed by atoms with Gasteiger partial charge in [0.1, 0.15) is 5.82 Å². The molecule has 44 heavy (non-hydrogen) atoms. The van der Waals surface area contributed by atoms with Crippen molar-refractivity contribution < 1.29 is 23.6 Å². The summed E-state index contributed by atoms with van der Waals surface area (Å²) in [6.45, 7) is 5.61. The Hall–Kier alpha value is -5.31. The minimum atomic E-state index is -0.347. The summed E-state index contributed by atoms with van der Waals surface area (Å²) in [6, 6.07) is 19.4. The van der Waals surface area contributed by atoms with Gasteiger partial charge in [0.15, 0.2) is 5.78 Å². The number of H-pyrrole nitrogens is 1. The third-order valence-corrected chi connectivity index (χ3v) is 7.84. The lowest BCUT2D eigenvalue weighted by Gasteiger charge is -2.15. The summed E-state index contributed by atoms with van der Waals surface area (Å²) < 4.78 is 13.3. The summed E-state index contributed by atoms with van der Waals surface area (Å²) in [5.41, 5.74) is 6.79. The number of aryl methyl sites for hydroxylation is 1. The summed E-state index contributed by atoms with van der Waals surface area (Å²) in [5, 5.41) is 8.45. The normalized spacial score (nSPS) is 13.7. The highest BCUT2D eigenvalue weighted by molar-refractivity contribution is 6.35. The first-order chi connectivity index (χ1) is 21.1. The quantitative estimate of drug-likeness (QED) is 0.177. The van der Waals surface area contributed by atoms with Gasteiger partial charge in [0.05, 0.1) is 18.2 Å². The molecule has 8 nitrogen and oxygen atoms in total. The standard InChI is InChI=1S/C35H33FN4O4/c1-20-28(15-14-27(41)19-37-33(42)24-7-5-4-6-8-24)22(3)38-32(20)18-30-29-17-25(11-16-31(29)40-35(30)44)34(43)39-21(2)23-9-12-26(36)13-10-23/h4-13,16-18,21,38H,14-15,19H2,1-3H3,(H,37,42)(H,39,43)(H,40,44)/b30-18-/t21-/m1/s1. The van der Waals surface area contributed by atoms with Crippen molar-refractivity contribution in [1.82, 2.24) is 15.6 Å². The van der Waals surface area contributed by atoms with E-state index in [1.807, 2.05) is 26.8 Å². The summed E-state index contributed by atoms with van der Waals surface area (Å²) in [5.74, 6) is -1.32. The van der Waals surface area contributed by atoms with Crippen molar-refractivity contribution in [2.75, 3.05) is 11.9 Å². The van der Waals surface area contributed by atoms with Crippen LogP contribution in [0.1, 0.15) is 73.7 Å². The molecule has 0 radical (unpaired) electrons. The average molecular weight is 593 g/mol. The third kappa shape index (κ3) is 6.67. The molecule has 224 valence electrons. The second kappa shape index (κ2) is 12.9. The summed E-state index contributed by atoms with van der Waals surface area (Å²) in [6.07, 6.45) is 2.50. The van der Waals surface area contributed by atoms with E-state index in [0.717, 1.165) is 28.1 Å². The minimum absolute atomic E-state index is 0.0529. The van der Waals surface area contributed by atoms with Gasteiger partial charge >= 0.3 is 0 Å². The van der Waals surface area contributed by atoms with Crippen molar-refractivity contribution >= 4 is 40.8 Å². The number of aromatic nitrogens is 1. The lowest BCUT2D eigenvalue weighted by molar-refractivity contribution is -0.118. The van der Waals surface area contributed by atoms with E-state index in [9.17, 15) is 23.6 Å². The fourth-order valence-electron chi connectivity index (χ4n) is 5.29. The van der Waals surface area contributed by atoms with Crippen LogP contribution in [0.25, 0.3) is 11.6 Å². The van der Waals surface area contributed by atoms with Crippen LogP contribution in [0.3, 0.4) is 0 Å². The molecule has 2 heterocycles. The van der Waals surface area contributed by atoms with Gasteiger partial charge in [0, 0.05) is 40.2 Å². The Morgan fingerprint density at radius 3 is 2.39 bits per heavy atom. The van der Waals surface area contributed by atoms with Gasteiger partial charge in [0.2, 0.25) is 0 Å². The molecule has 0 spiro atoms. The lowest BCUT2D eigenvalue weighted by atomic mass is 9.99. The molecule has 0 aliphatic carbocycles. The maximum Gasteiger partial charge on any atom is 0.256 e. The number of ketones is 1. The Labute approximate surface area is 254 Å². The number of amides is 3. The van der Waals surface area contributed by atoms with Crippen molar-refractivity contribution in [3.05, 3.63) is 123 Å². The van der Waals surface area contributed by atoms with Crippen LogP contribution >= 0.6 is 0 Å². The van der Waals surface area contributed by atoms with E-state index in [1.165, 1.54) is 12.1 Å². The highest BCUT2D eigenvalue weighted by atomic mass is 19.1. The van der Waals surface area contributed by atoms with Crippen LogP contribution in [0.2, 0.25) is 0 Å². The molecule has 4 N–H and O–H groups in total. The molecule has 1 aliphatic heterocycles. The number of hydrogen-bond acceptors (Lipinski definition) is 4. The van der Waals surface area contributed by atoms with Crippen LogP contribution in [0.5, 0.6) is 0 Å². The zero-order valence-electron chi connectivity index (χ0n) is 24.7. The highest BCUT2D eigenvalue weighted by Gasteiger charge is 2.26. The lowest BCUT2D eigenvalue weighted by Crippen LogP contribution is -2.29. The zero-order valence-corrected chi connectivity index (χ0v) is 24.7. The van der Waals surface area contributed by atoms with Crippen molar-refractivity contribution in [3.8, 4) is 0 Å². The summed E-state index contributed by atoms with van der Waals surface area (Å²) in [4.78, 5) is 54.1. The van der Waals surface area contributed by atoms with Crippen molar-refractivity contribution in [2.24, 2.45) is 0 Å². The van der Waals surface area contributed by atoms with E-state index in [-0.39, 0.29) is 48.3 Å². The molecule has 0 saturated carbocycles. The van der Waals surface area contributed by atoms with Crippen molar-refractivity contribution in [2.45, 2.75) is 39.7 Å². The molecule has 0 unspecified atom stereocenters. The molecule has 3 aromatic carbocycles. The molecular formula is C35H33FN4O4. The molecule has 1 atom stereocenters. The number of benzene rings is 3. The molecule has 1 aliphatic rings. The van der Waals surface area contributed by atoms with Crippen molar-refractivity contribution in [1.29, 1.82) is 0 Å². The summed E-state index contributed by atoms with van der Waals surface area (Å²) in [7, 11) is 0. The largest absolute Gasteiger partial charge is 0.359 e. The van der Waals surface area contributed by atoms with E-state index in [0.29, 0.717) is 34.4 Å². The van der Waals surface area contributed by atoms with Crippen LogP contribution in [0.15, 0.2) is 72.8 Å². The van der Waals surface area contributed by atoms with Gasteiger partial charge in [0.25, 0.3) is 17.7 Å². The van der Waals surface area contributed by atoms with Gasteiger partial charge in [-0.3, -0.25) is 19.2 Å². The van der Waals surface area contributed by atoms with Gasteiger partial charge in [-0.15, -0.1) is 0 Å². The molecule has 1 aromatic heterocycles. The highest BCUT2D eigenvalue weighted by Crippen LogP contribution is 2.35. The monoisotopic (exact) mass is 592 g/mol. The molecular weight excluding hydrogens is 559 g/mol. The Morgan fingerprint density at radius 1 is 0.932 bits per heavy atom. The Kier molecular flexibility index (Phi) is 8.85. The van der Waals surface area contributed by atoms with Crippen LogP contribution in [-0.2, 0) is 16.0 Å². The molecule has 0 bridgehead atoms. The molecule has 5 rings (SSSR count). The second-order valence-electron chi connectivity index (χ2n) is 10.9. The fraction of sp³-hybridized carbons (Fsp3) is 0.200. The molecule has 0 saturated heterocycles. The summed E-state index contributed by atoms with van der Waals surface area (Å²) >= 11 is 0. The molecule has 4 aromatic rings. The number of carbonyl (C=O) groups is 4. The number of aromatic amines is 1. The number of nitrogens with one attached hydrogen (secondary N) is 4. The predicted molar refractivity (Wildman–Crippen MR) is 168 cm³/mol. The van der Waals surface area contributed by atoms with Gasteiger partial charge in [-0.2, -0.15) is 0 Å². The van der Waals surface area contributed by atoms with E-state index in [1.54, 1.807) is 60.7 Å². The van der Waals surface area contributed by atoms with Crippen LogP contribution in [0.4, 0.5) is 10.1 Å². The number of Topliss-reactive ketones (excluding diaryl/α,β-unsaturated/α-hetero) is 1. The maximum absolute atomic E-state index is 13.3. The topological polar surface area (TPSA) is 120 Å². The van der Waals surface area contributed by atoms with E-state index in [2.05, 4.69) is 20.9 Å². The Morgan fingerprint density at radius 2 is 1.66 bits per heavy atom. The predicted octanol–water partition coefficient (Wildman–Crippen LogP) is 5.69. The van der Waals surface area contributed by atoms with Crippen LogP contribution < -0.4 is 16.0 Å². The molecule has 3 amide bonds. The number of rotatable bonds is 10. The minimum Gasteiger partial charge on any atom is -0.359 e. The first-order valence-corrected chi connectivity index (χ1v) is 14.4. The first-order valence-electron chi connectivity index (χ1n) is 14.4. The van der Waals surface area contributed by atoms with Gasteiger partial charge < -0.3 is 20.9 Å². The fourth-order valence-corrected chi connectivity index (χ4v) is 5.29. The SMILES string of the molecule is Cc1[nH]c(/C=C2\C(=O)Nc3ccc(C(=O)N[C@H](C)c4ccc(F)cc4)cc32)c(C)c1CCC(=O)CNC(=O)c1ccccc1. The average Bonchev–Trinajstić information content (AvgIpc) is 3.48. The van der Waals surface area contributed by atoms with E-state index in [4.69, 9.17) is 0 Å². The number of hydrogen-bond donors (Lipinski definition) is 4. The number of anilines is 1. The Bertz CT molecular complexity index is 1770. The van der Waals surface area contributed by atoms with E-state index < -0.39 is 0 Å². The van der Waals surface area contributed by atoms with E-state index >= 15 is 0 Å². The Balaban J connectivity index is 1.27. The van der Waals surface area contributed by atoms with Crippen molar-refractivity contribution in [3.63, 3.8) is 0 Å². The van der Waals surface area contributed by atoms with Crippen LogP contribution in [-0.4, -0.2) is 35.0 Å². The molecule has 9 heteroatoms. The third-order valence-electron chi connectivity index (χ3n) is 7.84. The number of carbonyl (C=O) groups excluding carboxylic acids is 4. The van der Waals surface area contributed by atoms with Gasteiger partial charge in [-0.05, 0) is 92.4 Å².